The Morgan fingerprint density at radius 3 is 2.45 bits per heavy atom. The van der Waals surface area contributed by atoms with Crippen molar-refractivity contribution in [1.82, 2.24) is 4.72 Å². The molecule has 0 heterocycles. The smallest absolute Gasteiger partial charge is 0.289 e. The molecule has 0 aliphatic heterocycles. The lowest BCUT2D eigenvalue weighted by Gasteiger charge is -2.06. The topological polar surface area (TPSA) is 115 Å². The third kappa shape index (κ3) is 5.41. The standard InChI is InChI=1S/C11H17N3O4S.ClH/c12-8-4-1-5-9-13-19(17,18)11-7-3-2-6-10(11)14(15)16;/h2-3,6-7,13H,1,4-5,8-9,12H2;1H. The number of rotatable bonds is 8. The molecule has 7 nitrogen and oxygen atoms in total. The summed E-state index contributed by atoms with van der Waals surface area (Å²) in [5.41, 5.74) is 4.91. The number of sulfonamides is 1. The van der Waals surface area contributed by atoms with Crippen LogP contribution in [0.25, 0.3) is 0 Å². The van der Waals surface area contributed by atoms with Gasteiger partial charge in [0.1, 0.15) is 0 Å². The molecule has 9 heteroatoms. The summed E-state index contributed by atoms with van der Waals surface area (Å²) >= 11 is 0. The molecule has 114 valence electrons. The highest BCUT2D eigenvalue weighted by molar-refractivity contribution is 7.89. The van der Waals surface area contributed by atoms with E-state index >= 15 is 0 Å². The fourth-order valence-corrected chi connectivity index (χ4v) is 2.81. The number of para-hydroxylation sites is 1. The molecule has 1 aromatic rings. The van der Waals surface area contributed by atoms with Crippen molar-refractivity contribution in [2.45, 2.75) is 24.2 Å². The molecular weight excluding hydrogens is 306 g/mol. The van der Waals surface area contributed by atoms with Crippen molar-refractivity contribution in [3.8, 4) is 0 Å². The van der Waals surface area contributed by atoms with Crippen LogP contribution < -0.4 is 10.5 Å². The van der Waals surface area contributed by atoms with Crippen LogP contribution in [0.3, 0.4) is 0 Å². The summed E-state index contributed by atoms with van der Waals surface area (Å²) in [5, 5.41) is 10.8. The van der Waals surface area contributed by atoms with Crippen LogP contribution in [0.2, 0.25) is 0 Å². The number of nitrogens with zero attached hydrogens (tertiary/aromatic N) is 1. The predicted molar refractivity (Wildman–Crippen MR) is 78.4 cm³/mol. The maximum atomic E-state index is 11.9. The van der Waals surface area contributed by atoms with Crippen molar-refractivity contribution in [3.63, 3.8) is 0 Å². The third-order valence-electron chi connectivity index (χ3n) is 2.52. The fraction of sp³-hybridized carbons (Fsp3) is 0.455. The van der Waals surface area contributed by atoms with Gasteiger partial charge in [-0.25, -0.2) is 13.1 Å². The number of halogens is 1. The summed E-state index contributed by atoms with van der Waals surface area (Å²) in [6.45, 7) is 0.811. The average molecular weight is 324 g/mol. The van der Waals surface area contributed by atoms with Crippen molar-refractivity contribution in [2.24, 2.45) is 5.73 Å². The Bertz CT molecular complexity index is 536. The van der Waals surface area contributed by atoms with Gasteiger partial charge in [-0.05, 0) is 25.5 Å². The van der Waals surface area contributed by atoms with E-state index in [0.29, 0.717) is 13.0 Å². The molecule has 0 unspecified atom stereocenters. The molecule has 0 aromatic heterocycles. The van der Waals surface area contributed by atoms with E-state index in [1.807, 2.05) is 0 Å². The summed E-state index contributed by atoms with van der Waals surface area (Å²) in [6, 6.07) is 5.28. The molecular formula is C11H18ClN3O4S. The lowest BCUT2D eigenvalue weighted by Crippen LogP contribution is -2.25. The first-order valence-electron chi connectivity index (χ1n) is 5.92. The first-order chi connectivity index (χ1) is 8.99. The third-order valence-corrected chi connectivity index (χ3v) is 4.03. The second-order valence-electron chi connectivity index (χ2n) is 3.97. The first-order valence-corrected chi connectivity index (χ1v) is 7.40. The van der Waals surface area contributed by atoms with Crippen LogP contribution in [0, 0.1) is 10.1 Å². The van der Waals surface area contributed by atoms with E-state index in [0.717, 1.165) is 12.8 Å². The molecule has 0 atom stereocenters. The number of unbranched alkanes of at least 4 members (excludes halogenated alkanes) is 2. The van der Waals surface area contributed by atoms with Gasteiger partial charge in [0.05, 0.1) is 4.92 Å². The summed E-state index contributed by atoms with van der Waals surface area (Å²) < 4.78 is 26.3. The number of benzene rings is 1. The summed E-state index contributed by atoms with van der Waals surface area (Å²) in [7, 11) is -3.85. The Kier molecular flexibility index (Phi) is 8.31. The molecule has 0 amide bonds. The zero-order chi connectivity index (χ0) is 14.3. The van der Waals surface area contributed by atoms with E-state index in [2.05, 4.69) is 4.72 Å². The van der Waals surface area contributed by atoms with Gasteiger partial charge in [-0.3, -0.25) is 10.1 Å². The van der Waals surface area contributed by atoms with Gasteiger partial charge in [-0.2, -0.15) is 0 Å². The monoisotopic (exact) mass is 323 g/mol. The van der Waals surface area contributed by atoms with Crippen molar-refractivity contribution in [3.05, 3.63) is 34.4 Å². The number of nitrogens with two attached hydrogens (primary N) is 1. The van der Waals surface area contributed by atoms with Crippen LogP contribution in [0.15, 0.2) is 29.2 Å². The van der Waals surface area contributed by atoms with Crippen molar-refractivity contribution in [2.75, 3.05) is 13.1 Å². The van der Waals surface area contributed by atoms with E-state index in [1.165, 1.54) is 24.3 Å². The molecule has 0 aliphatic carbocycles. The molecule has 0 radical (unpaired) electrons. The van der Waals surface area contributed by atoms with Gasteiger partial charge < -0.3 is 5.73 Å². The van der Waals surface area contributed by atoms with Gasteiger partial charge >= 0.3 is 0 Å². The minimum Gasteiger partial charge on any atom is -0.330 e. The molecule has 3 N–H and O–H groups in total. The van der Waals surface area contributed by atoms with Gasteiger partial charge in [0, 0.05) is 12.6 Å². The molecule has 0 saturated carbocycles. The van der Waals surface area contributed by atoms with E-state index < -0.39 is 20.6 Å². The number of nitro benzene ring substituents is 1. The minimum atomic E-state index is -3.85. The van der Waals surface area contributed by atoms with Crippen LogP contribution in [-0.2, 0) is 10.0 Å². The maximum absolute atomic E-state index is 11.9. The molecule has 20 heavy (non-hydrogen) atoms. The van der Waals surface area contributed by atoms with E-state index in [1.54, 1.807) is 0 Å². The minimum absolute atomic E-state index is 0. The molecule has 0 spiro atoms. The summed E-state index contributed by atoms with van der Waals surface area (Å²) in [6.07, 6.45) is 2.29. The second kappa shape index (κ2) is 8.85. The molecule has 0 fully saturated rings. The zero-order valence-corrected chi connectivity index (χ0v) is 12.5. The fourth-order valence-electron chi connectivity index (χ4n) is 1.57. The molecule has 0 bridgehead atoms. The number of nitro groups is 1. The van der Waals surface area contributed by atoms with Gasteiger partial charge in [0.2, 0.25) is 10.0 Å². The summed E-state index contributed by atoms with van der Waals surface area (Å²) in [4.78, 5) is 9.77. The van der Waals surface area contributed by atoms with Crippen molar-refractivity contribution < 1.29 is 13.3 Å². The van der Waals surface area contributed by atoms with Crippen LogP contribution in [-0.4, -0.2) is 26.4 Å². The van der Waals surface area contributed by atoms with Crippen molar-refractivity contribution in [1.29, 1.82) is 0 Å². The maximum Gasteiger partial charge on any atom is 0.289 e. The highest BCUT2D eigenvalue weighted by Gasteiger charge is 2.24. The molecule has 1 aromatic carbocycles. The zero-order valence-electron chi connectivity index (χ0n) is 10.8. The van der Waals surface area contributed by atoms with Crippen LogP contribution in [0.4, 0.5) is 5.69 Å². The first kappa shape index (κ1) is 18.8. The Morgan fingerprint density at radius 1 is 1.20 bits per heavy atom. The predicted octanol–water partition coefficient (Wildman–Crippen LogP) is 1.42. The number of hydrogen-bond acceptors (Lipinski definition) is 5. The Morgan fingerprint density at radius 2 is 1.85 bits per heavy atom. The molecule has 0 saturated heterocycles. The Hall–Kier alpha value is -1.22. The van der Waals surface area contributed by atoms with Crippen LogP contribution in [0.5, 0.6) is 0 Å². The highest BCUT2D eigenvalue weighted by Crippen LogP contribution is 2.22. The average Bonchev–Trinajstić information content (AvgIpc) is 2.38. The highest BCUT2D eigenvalue weighted by atomic mass is 35.5. The molecule has 0 aliphatic rings. The van der Waals surface area contributed by atoms with E-state index in [9.17, 15) is 18.5 Å². The lowest BCUT2D eigenvalue weighted by atomic mass is 10.2. The summed E-state index contributed by atoms with van der Waals surface area (Å²) in [5.74, 6) is 0. The molecule has 1 rings (SSSR count). The van der Waals surface area contributed by atoms with E-state index in [-0.39, 0.29) is 23.8 Å². The normalized spacial score (nSPS) is 10.8. The Labute approximate surface area is 124 Å². The van der Waals surface area contributed by atoms with Crippen LogP contribution >= 0.6 is 12.4 Å². The van der Waals surface area contributed by atoms with Crippen molar-refractivity contribution >= 4 is 28.1 Å². The van der Waals surface area contributed by atoms with E-state index in [4.69, 9.17) is 5.73 Å². The largest absolute Gasteiger partial charge is 0.330 e. The van der Waals surface area contributed by atoms with Gasteiger partial charge in [0.15, 0.2) is 4.90 Å². The van der Waals surface area contributed by atoms with Gasteiger partial charge in [-0.15, -0.1) is 12.4 Å². The second-order valence-corrected chi connectivity index (χ2v) is 5.71. The Balaban J connectivity index is 0.00000361. The van der Waals surface area contributed by atoms with Crippen LogP contribution in [0.1, 0.15) is 19.3 Å². The quantitative estimate of drug-likeness (QED) is 0.426. The van der Waals surface area contributed by atoms with Gasteiger partial charge in [-0.1, -0.05) is 18.6 Å². The lowest BCUT2D eigenvalue weighted by molar-refractivity contribution is -0.387. The number of nitrogens with one attached hydrogen (secondary N) is 1. The SMILES string of the molecule is Cl.NCCCCCNS(=O)(=O)c1ccccc1[N+](=O)[O-]. The van der Waals surface area contributed by atoms with Gasteiger partial charge in [0.25, 0.3) is 5.69 Å². The number of hydrogen-bond donors (Lipinski definition) is 2.